The van der Waals surface area contributed by atoms with Crippen LogP contribution >= 0.6 is 24.0 Å². The number of hydrogen-bond donors (Lipinski definition) is 2. The Labute approximate surface area is 148 Å². The van der Waals surface area contributed by atoms with Gasteiger partial charge in [-0.1, -0.05) is 11.6 Å². The van der Waals surface area contributed by atoms with Crippen molar-refractivity contribution in [3.8, 4) is 5.75 Å². The molecule has 2 fully saturated rings. The zero-order chi connectivity index (χ0) is 15.5. The van der Waals surface area contributed by atoms with Gasteiger partial charge in [0.05, 0.1) is 11.7 Å². The molecule has 0 radical (unpaired) electrons. The molecule has 1 aromatic carbocycles. The van der Waals surface area contributed by atoms with Crippen molar-refractivity contribution in [1.29, 1.82) is 0 Å². The lowest BCUT2D eigenvalue weighted by Gasteiger charge is -2.19. The van der Waals surface area contributed by atoms with E-state index in [0.29, 0.717) is 28.8 Å². The van der Waals surface area contributed by atoms with Crippen LogP contribution in [0, 0.1) is 5.92 Å². The van der Waals surface area contributed by atoms with E-state index >= 15 is 0 Å². The fourth-order valence-corrected chi connectivity index (χ4v) is 3.25. The third-order valence-corrected chi connectivity index (χ3v) is 4.78. The largest absolute Gasteiger partial charge is 0.490 e. The molecule has 2 saturated carbocycles. The Morgan fingerprint density at radius 3 is 2.61 bits per heavy atom. The lowest BCUT2D eigenvalue weighted by molar-refractivity contribution is 0.0926. The monoisotopic (exact) mass is 358 g/mol. The van der Waals surface area contributed by atoms with Crippen LogP contribution in [-0.2, 0) is 0 Å². The molecular weight excluding hydrogens is 335 g/mol. The molecule has 1 aromatic rings. The molecule has 23 heavy (non-hydrogen) atoms. The number of carbonyl (C=O) groups excluding carboxylic acids is 1. The van der Waals surface area contributed by atoms with E-state index in [1.54, 1.807) is 18.2 Å². The van der Waals surface area contributed by atoms with Crippen molar-refractivity contribution in [1.82, 2.24) is 5.32 Å². The number of benzene rings is 1. The lowest BCUT2D eigenvalue weighted by Crippen LogP contribution is -2.41. The number of rotatable bonds is 6. The van der Waals surface area contributed by atoms with Gasteiger partial charge in [-0.3, -0.25) is 4.79 Å². The Morgan fingerprint density at radius 2 is 2.00 bits per heavy atom. The van der Waals surface area contributed by atoms with Gasteiger partial charge >= 0.3 is 0 Å². The average molecular weight is 359 g/mol. The number of carbonyl (C=O) groups is 1. The zero-order valence-electron chi connectivity index (χ0n) is 13.1. The smallest absolute Gasteiger partial charge is 0.255 e. The topological polar surface area (TPSA) is 64.3 Å². The Hall–Kier alpha value is -0.970. The van der Waals surface area contributed by atoms with E-state index in [0.717, 1.165) is 25.7 Å². The highest BCUT2D eigenvalue weighted by atomic mass is 35.5. The molecule has 2 aliphatic carbocycles. The maximum Gasteiger partial charge on any atom is 0.255 e. The summed E-state index contributed by atoms with van der Waals surface area (Å²) in [7, 11) is 0. The second-order valence-corrected chi connectivity index (χ2v) is 6.75. The van der Waals surface area contributed by atoms with Gasteiger partial charge in [0.25, 0.3) is 5.91 Å². The summed E-state index contributed by atoms with van der Waals surface area (Å²) in [6, 6.07) is 5.29. The van der Waals surface area contributed by atoms with E-state index in [-0.39, 0.29) is 30.5 Å². The minimum atomic E-state index is -0.141. The molecule has 3 rings (SSSR count). The molecule has 0 saturated heterocycles. The Balaban J connectivity index is 0.00000192. The van der Waals surface area contributed by atoms with E-state index in [4.69, 9.17) is 22.1 Å². The van der Waals surface area contributed by atoms with Crippen molar-refractivity contribution < 1.29 is 9.53 Å². The molecule has 0 bridgehead atoms. The zero-order valence-corrected chi connectivity index (χ0v) is 14.7. The molecule has 0 aromatic heterocycles. The first kappa shape index (κ1) is 18.4. The summed E-state index contributed by atoms with van der Waals surface area (Å²) >= 11 is 6.06. The first-order valence-electron chi connectivity index (χ1n) is 8.14. The van der Waals surface area contributed by atoms with Crippen LogP contribution in [0.4, 0.5) is 0 Å². The van der Waals surface area contributed by atoms with E-state index < -0.39 is 0 Å². The first-order chi connectivity index (χ1) is 10.7. The molecule has 2 aliphatic rings. The first-order valence-corrected chi connectivity index (χ1v) is 8.52. The van der Waals surface area contributed by atoms with Gasteiger partial charge in [0.15, 0.2) is 0 Å². The summed E-state index contributed by atoms with van der Waals surface area (Å²) in [5.41, 5.74) is 6.28. The number of halogens is 2. The predicted molar refractivity (Wildman–Crippen MR) is 94.6 cm³/mol. The highest BCUT2D eigenvalue weighted by molar-refractivity contribution is 6.31. The van der Waals surface area contributed by atoms with Crippen molar-refractivity contribution in [2.24, 2.45) is 11.7 Å². The maximum atomic E-state index is 12.6. The SMILES string of the molecule is Cl.NCC(NC(=O)c1cc(Cl)ccc1OC1CCCC1)C1CC1. The fraction of sp³-hybridized carbons (Fsp3) is 0.588. The van der Waals surface area contributed by atoms with Crippen LogP contribution < -0.4 is 15.8 Å². The van der Waals surface area contributed by atoms with Gasteiger partial charge in [0, 0.05) is 17.6 Å². The molecule has 0 heterocycles. The molecule has 128 valence electrons. The molecular formula is C17H24Cl2N2O2. The number of ether oxygens (including phenoxy) is 1. The second kappa shape index (κ2) is 8.22. The van der Waals surface area contributed by atoms with Crippen LogP contribution in [0.1, 0.15) is 48.9 Å². The molecule has 4 nitrogen and oxygen atoms in total. The van der Waals surface area contributed by atoms with E-state index in [2.05, 4.69) is 5.32 Å². The standard InChI is InChI=1S/C17H23ClN2O2.ClH/c18-12-7-8-16(22-13-3-1-2-4-13)14(9-12)17(21)20-15(10-19)11-5-6-11;/h7-9,11,13,15H,1-6,10,19H2,(H,20,21);1H. The van der Waals surface area contributed by atoms with Crippen LogP contribution in [-0.4, -0.2) is 24.6 Å². The van der Waals surface area contributed by atoms with Crippen LogP contribution in [0.15, 0.2) is 18.2 Å². The van der Waals surface area contributed by atoms with Crippen molar-refractivity contribution in [2.45, 2.75) is 50.7 Å². The van der Waals surface area contributed by atoms with Crippen molar-refractivity contribution in [3.05, 3.63) is 28.8 Å². The van der Waals surface area contributed by atoms with Gasteiger partial charge in [-0.15, -0.1) is 12.4 Å². The van der Waals surface area contributed by atoms with Gasteiger partial charge in [-0.05, 0) is 62.6 Å². The quantitative estimate of drug-likeness (QED) is 0.816. The molecule has 6 heteroatoms. The van der Waals surface area contributed by atoms with Crippen molar-refractivity contribution in [2.75, 3.05) is 6.54 Å². The molecule has 1 atom stereocenters. The molecule has 0 spiro atoms. The normalized spacial score (nSPS) is 19.0. The third kappa shape index (κ3) is 4.75. The number of nitrogens with two attached hydrogens (primary N) is 1. The summed E-state index contributed by atoms with van der Waals surface area (Å²) in [6.07, 6.45) is 6.98. The maximum absolute atomic E-state index is 12.6. The summed E-state index contributed by atoms with van der Waals surface area (Å²) in [5.74, 6) is 1.01. The summed E-state index contributed by atoms with van der Waals surface area (Å²) in [4.78, 5) is 12.6. The third-order valence-electron chi connectivity index (χ3n) is 4.54. The lowest BCUT2D eigenvalue weighted by atomic mass is 10.1. The molecule has 0 aliphatic heterocycles. The van der Waals surface area contributed by atoms with Crippen molar-refractivity contribution >= 4 is 29.9 Å². The fourth-order valence-electron chi connectivity index (χ4n) is 3.08. The Kier molecular flexibility index (Phi) is 6.57. The summed E-state index contributed by atoms with van der Waals surface area (Å²) < 4.78 is 6.02. The second-order valence-electron chi connectivity index (χ2n) is 6.32. The van der Waals surface area contributed by atoms with E-state index in [9.17, 15) is 4.79 Å². The molecule has 1 unspecified atom stereocenters. The molecule has 3 N–H and O–H groups in total. The van der Waals surface area contributed by atoms with Crippen LogP contribution in [0.2, 0.25) is 5.02 Å². The summed E-state index contributed by atoms with van der Waals surface area (Å²) in [5, 5.41) is 3.58. The highest BCUT2D eigenvalue weighted by Gasteiger charge is 2.32. The van der Waals surface area contributed by atoms with Gasteiger partial charge in [-0.25, -0.2) is 0 Å². The van der Waals surface area contributed by atoms with E-state index in [1.807, 2.05) is 0 Å². The van der Waals surface area contributed by atoms with Gasteiger partial charge in [0.1, 0.15) is 5.75 Å². The predicted octanol–water partition coefficient (Wildman–Crippen LogP) is 3.55. The average Bonchev–Trinajstić information content (AvgIpc) is 3.23. The number of amides is 1. The van der Waals surface area contributed by atoms with Gasteiger partial charge in [0.2, 0.25) is 0 Å². The Morgan fingerprint density at radius 1 is 1.30 bits per heavy atom. The van der Waals surface area contributed by atoms with Crippen LogP contribution in [0.3, 0.4) is 0 Å². The Bertz CT molecular complexity index is 543. The minimum absolute atomic E-state index is 0. The van der Waals surface area contributed by atoms with Gasteiger partial charge < -0.3 is 15.8 Å². The number of hydrogen-bond acceptors (Lipinski definition) is 3. The van der Waals surface area contributed by atoms with Crippen LogP contribution in [0.5, 0.6) is 5.75 Å². The number of nitrogens with one attached hydrogen (secondary N) is 1. The van der Waals surface area contributed by atoms with E-state index in [1.165, 1.54) is 12.8 Å². The summed E-state index contributed by atoms with van der Waals surface area (Å²) in [6.45, 7) is 0.468. The highest BCUT2D eigenvalue weighted by Crippen LogP contribution is 2.33. The minimum Gasteiger partial charge on any atom is -0.490 e. The van der Waals surface area contributed by atoms with Crippen LogP contribution in [0.25, 0.3) is 0 Å². The van der Waals surface area contributed by atoms with Crippen molar-refractivity contribution in [3.63, 3.8) is 0 Å². The molecule has 1 amide bonds. The van der Waals surface area contributed by atoms with Gasteiger partial charge in [-0.2, -0.15) is 0 Å².